The average molecular weight is 457 g/mol. The van der Waals surface area contributed by atoms with Gasteiger partial charge in [0.2, 0.25) is 5.91 Å². The van der Waals surface area contributed by atoms with Gasteiger partial charge in [0.05, 0.1) is 23.0 Å². The first-order valence-electron chi connectivity index (χ1n) is 11.3. The Hall–Kier alpha value is -4.27. The van der Waals surface area contributed by atoms with Gasteiger partial charge in [0.1, 0.15) is 6.54 Å². The highest BCUT2D eigenvalue weighted by atomic mass is 16.2. The molecule has 0 saturated heterocycles. The number of carbonyl (C=O) groups excluding carboxylic acids is 2. The topological polar surface area (TPSA) is 111 Å². The van der Waals surface area contributed by atoms with Crippen molar-refractivity contribution in [2.75, 3.05) is 5.32 Å². The SMILES string of the molecule is O=C(Cn1cc(NC(=O)c2nn(-c3ccccc3)c(=O)c3ccccc23)cn1)NC1CCCC1. The number of anilines is 1. The Morgan fingerprint density at radius 2 is 1.68 bits per heavy atom. The van der Waals surface area contributed by atoms with Crippen molar-refractivity contribution in [1.29, 1.82) is 0 Å². The summed E-state index contributed by atoms with van der Waals surface area (Å²) in [5, 5.41) is 15.2. The predicted octanol–water partition coefficient (Wildman–Crippen LogP) is 2.89. The van der Waals surface area contributed by atoms with Crippen molar-refractivity contribution < 1.29 is 9.59 Å². The number of nitrogens with zero attached hydrogens (tertiary/aromatic N) is 4. The molecule has 9 heteroatoms. The van der Waals surface area contributed by atoms with E-state index in [2.05, 4.69) is 20.8 Å². The van der Waals surface area contributed by atoms with Crippen molar-refractivity contribution in [3.63, 3.8) is 0 Å². The standard InChI is InChI=1S/C25H24N6O3/c32-22(27-17-8-4-5-9-17)16-30-15-18(14-26-30)28-24(33)23-20-12-6-7-13-21(20)25(34)31(29-23)19-10-2-1-3-11-19/h1-3,6-7,10-15,17H,4-5,8-9,16H2,(H,27,32)(H,28,33). The van der Waals surface area contributed by atoms with Gasteiger partial charge in [0.15, 0.2) is 5.69 Å². The number of nitrogens with one attached hydrogen (secondary N) is 2. The Bertz CT molecular complexity index is 1400. The van der Waals surface area contributed by atoms with Gasteiger partial charge in [-0.1, -0.05) is 49.2 Å². The minimum Gasteiger partial charge on any atom is -0.352 e. The molecule has 2 heterocycles. The number of aromatic nitrogens is 4. The highest BCUT2D eigenvalue weighted by Gasteiger charge is 2.19. The van der Waals surface area contributed by atoms with Gasteiger partial charge in [-0.05, 0) is 31.0 Å². The van der Waals surface area contributed by atoms with Crippen LogP contribution in [-0.2, 0) is 11.3 Å². The molecule has 172 valence electrons. The molecular formula is C25H24N6O3. The summed E-state index contributed by atoms with van der Waals surface area (Å²) in [5.41, 5.74) is 0.806. The lowest BCUT2D eigenvalue weighted by atomic mass is 10.1. The number of hydrogen-bond acceptors (Lipinski definition) is 5. The Kier molecular flexibility index (Phi) is 5.90. The van der Waals surface area contributed by atoms with Crippen LogP contribution in [0.2, 0.25) is 0 Å². The summed E-state index contributed by atoms with van der Waals surface area (Å²) in [7, 11) is 0. The fourth-order valence-corrected chi connectivity index (χ4v) is 4.30. The van der Waals surface area contributed by atoms with Gasteiger partial charge in [0.25, 0.3) is 11.5 Å². The van der Waals surface area contributed by atoms with Crippen LogP contribution in [0, 0.1) is 0 Å². The van der Waals surface area contributed by atoms with Gasteiger partial charge in [-0.3, -0.25) is 19.1 Å². The molecule has 0 bridgehead atoms. The number of hydrogen-bond donors (Lipinski definition) is 2. The first-order chi connectivity index (χ1) is 16.6. The molecule has 4 aromatic rings. The zero-order valence-electron chi connectivity index (χ0n) is 18.5. The van der Waals surface area contributed by atoms with Crippen molar-refractivity contribution >= 4 is 28.3 Å². The van der Waals surface area contributed by atoms with Crippen molar-refractivity contribution in [3.8, 4) is 5.69 Å². The van der Waals surface area contributed by atoms with Crippen LogP contribution in [0.25, 0.3) is 16.5 Å². The van der Waals surface area contributed by atoms with Gasteiger partial charge < -0.3 is 10.6 Å². The highest BCUT2D eigenvalue weighted by Crippen LogP contribution is 2.18. The van der Waals surface area contributed by atoms with Crippen molar-refractivity contribution in [3.05, 3.63) is 83.0 Å². The Morgan fingerprint density at radius 3 is 2.44 bits per heavy atom. The number of carbonyl (C=O) groups is 2. The minimum absolute atomic E-state index is 0.0758. The molecule has 5 rings (SSSR count). The molecule has 1 aliphatic rings. The second-order valence-corrected chi connectivity index (χ2v) is 8.38. The molecule has 1 fully saturated rings. The van der Waals surface area contributed by atoms with Crippen LogP contribution in [-0.4, -0.2) is 37.4 Å². The van der Waals surface area contributed by atoms with E-state index in [4.69, 9.17) is 0 Å². The zero-order valence-corrected chi connectivity index (χ0v) is 18.5. The van der Waals surface area contributed by atoms with E-state index >= 15 is 0 Å². The molecule has 34 heavy (non-hydrogen) atoms. The molecular weight excluding hydrogens is 432 g/mol. The third-order valence-electron chi connectivity index (χ3n) is 5.94. The van der Waals surface area contributed by atoms with E-state index in [0.717, 1.165) is 25.7 Å². The molecule has 0 radical (unpaired) electrons. The van der Waals surface area contributed by atoms with Crippen LogP contribution in [0.5, 0.6) is 0 Å². The summed E-state index contributed by atoms with van der Waals surface area (Å²) in [5.74, 6) is -0.577. The van der Waals surface area contributed by atoms with E-state index in [0.29, 0.717) is 22.1 Å². The second kappa shape index (κ2) is 9.30. The molecule has 2 amide bonds. The van der Waals surface area contributed by atoms with Gasteiger partial charge in [-0.25, -0.2) is 0 Å². The number of benzene rings is 2. The third kappa shape index (κ3) is 4.45. The van der Waals surface area contributed by atoms with Crippen LogP contribution in [0.3, 0.4) is 0 Å². The molecule has 2 N–H and O–H groups in total. The molecule has 2 aromatic heterocycles. The minimum atomic E-state index is -0.476. The molecule has 0 atom stereocenters. The second-order valence-electron chi connectivity index (χ2n) is 8.38. The number of fused-ring (bicyclic) bond motifs is 1. The quantitative estimate of drug-likeness (QED) is 0.464. The van der Waals surface area contributed by atoms with E-state index in [1.165, 1.54) is 15.6 Å². The first-order valence-corrected chi connectivity index (χ1v) is 11.3. The molecule has 9 nitrogen and oxygen atoms in total. The molecule has 1 saturated carbocycles. The van der Waals surface area contributed by atoms with E-state index in [9.17, 15) is 14.4 Å². The van der Waals surface area contributed by atoms with Crippen molar-refractivity contribution in [2.45, 2.75) is 38.3 Å². The lowest BCUT2D eigenvalue weighted by molar-refractivity contribution is -0.122. The van der Waals surface area contributed by atoms with Crippen LogP contribution in [0.15, 0.2) is 71.8 Å². The van der Waals surface area contributed by atoms with Gasteiger partial charge >= 0.3 is 0 Å². The van der Waals surface area contributed by atoms with Gasteiger partial charge in [-0.2, -0.15) is 14.9 Å². The fraction of sp³-hybridized carbons (Fsp3) is 0.240. The maximum atomic E-state index is 13.2. The maximum Gasteiger partial charge on any atom is 0.279 e. The normalized spacial score (nSPS) is 13.8. The van der Waals surface area contributed by atoms with Crippen LogP contribution in [0.4, 0.5) is 5.69 Å². The molecule has 0 unspecified atom stereocenters. The molecule has 0 spiro atoms. The lowest BCUT2D eigenvalue weighted by Gasteiger charge is -2.11. The number of amides is 2. The fourth-order valence-electron chi connectivity index (χ4n) is 4.30. The summed E-state index contributed by atoms with van der Waals surface area (Å²) >= 11 is 0. The summed E-state index contributed by atoms with van der Waals surface area (Å²) in [4.78, 5) is 38.5. The highest BCUT2D eigenvalue weighted by molar-refractivity contribution is 6.11. The van der Waals surface area contributed by atoms with Crippen LogP contribution >= 0.6 is 0 Å². The van der Waals surface area contributed by atoms with E-state index in [-0.39, 0.29) is 29.7 Å². The van der Waals surface area contributed by atoms with E-state index in [1.54, 1.807) is 54.7 Å². The van der Waals surface area contributed by atoms with Crippen molar-refractivity contribution in [1.82, 2.24) is 24.9 Å². The third-order valence-corrected chi connectivity index (χ3v) is 5.94. The summed E-state index contributed by atoms with van der Waals surface area (Å²) < 4.78 is 2.71. The van der Waals surface area contributed by atoms with E-state index in [1.807, 2.05) is 6.07 Å². The average Bonchev–Trinajstić information content (AvgIpc) is 3.52. The summed E-state index contributed by atoms with van der Waals surface area (Å²) in [6, 6.07) is 16.1. The number of rotatable bonds is 6. The lowest BCUT2D eigenvalue weighted by Crippen LogP contribution is -2.35. The van der Waals surface area contributed by atoms with Crippen LogP contribution in [0.1, 0.15) is 36.2 Å². The zero-order chi connectivity index (χ0) is 23.5. The monoisotopic (exact) mass is 456 g/mol. The van der Waals surface area contributed by atoms with Crippen molar-refractivity contribution in [2.24, 2.45) is 0 Å². The first kappa shape index (κ1) is 21.6. The largest absolute Gasteiger partial charge is 0.352 e. The number of para-hydroxylation sites is 1. The van der Waals surface area contributed by atoms with E-state index < -0.39 is 5.91 Å². The van der Waals surface area contributed by atoms with Gasteiger partial charge in [0, 0.05) is 17.6 Å². The summed E-state index contributed by atoms with van der Waals surface area (Å²) in [6.07, 6.45) is 7.39. The maximum absolute atomic E-state index is 13.2. The van der Waals surface area contributed by atoms with Crippen LogP contribution < -0.4 is 16.2 Å². The Labute approximate surface area is 195 Å². The Balaban J connectivity index is 1.38. The smallest absolute Gasteiger partial charge is 0.279 e. The van der Waals surface area contributed by atoms with Gasteiger partial charge in [-0.15, -0.1) is 0 Å². The molecule has 1 aliphatic carbocycles. The summed E-state index contributed by atoms with van der Waals surface area (Å²) in [6.45, 7) is 0.0758. The molecule has 2 aromatic carbocycles. The Morgan fingerprint density at radius 1 is 0.971 bits per heavy atom. The molecule has 0 aliphatic heterocycles. The predicted molar refractivity (Wildman–Crippen MR) is 128 cm³/mol.